The zero-order valence-electron chi connectivity index (χ0n) is 7.58. The summed E-state index contributed by atoms with van der Waals surface area (Å²) in [5.41, 5.74) is 0.895. The van der Waals surface area contributed by atoms with Crippen molar-refractivity contribution in [2.75, 3.05) is 13.1 Å². The Morgan fingerprint density at radius 1 is 1.54 bits per heavy atom. The predicted molar refractivity (Wildman–Crippen MR) is 50.3 cm³/mol. The lowest BCUT2D eigenvalue weighted by Crippen LogP contribution is -2.32. The van der Waals surface area contributed by atoms with Gasteiger partial charge in [0.1, 0.15) is 11.5 Å². The second-order valence-corrected chi connectivity index (χ2v) is 3.24. The first-order valence-electron chi connectivity index (χ1n) is 4.43. The molecule has 2 heterocycles. The summed E-state index contributed by atoms with van der Waals surface area (Å²) >= 11 is 0. The molecule has 2 rings (SSSR count). The zero-order chi connectivity index (χ0) is 9.26. The standard InChI is InChI=1S/C10H13NO2/c1-7-2-3-10(13-7)8-4-5-11-6-9(8)12/h2-4,9,11-12H,5-6H2,1H3. The number of β-amino-alcohol motifs (C(OH)–C–C–N with tert-alkyl or cyclic N) is 1. The molecule has 1 aromatic rings. The summed E-state index contributed by atoms with van der Waals surface area (Å²) in [5.74, 6) is 1.66. The van der Waals surface area contributed by atoms with Crippen molar-refractivity contribution in [3.8, 4) is 0 Å². The highest BCUT2D eigenvalue weighted by atomic mass is 16.3. The lowest BCUT2D eigenvalue weighted by molar-refractivity contribution is 0.222. The Bertz CT molecular complexity index is 327. The van der Waals surface area contributed by atoms with Gasteiger partial charge in [-0.2, -0.15) is 0 Å². The lowest BCUT2D eigenvalue weighted by Gasteiger charge is -2.18. The molecule has 0 amide bonds. The molecular weight excluding hydrogens is 166 g/mol. The van der Waals surface area contributed by atoms with Crippen molar-refractivity contribution in [3.63, 3.8) is 0 Å². The van der Waals surface area contributed by atoms with E-state index >= 15 is 0 Å². The zero-order valence-corrected chi connectivity index (χ0v) is 7.58. The van der Waals surface area contributed by atoms with Crippen LogP contribution in [0.5, 0.6) is 0 Å². The van der Waals surface area contributed by atoms with Crippen LogP contribution in [0.3, 0.4) is 0 Å². The fourth-order valence-electron chi connectivity index (χ4n) is 1.50. The molecule has 0 aromatic carbocycles. The van der Waals surface area contributed by atoms with E-state index in [1.165, 1.54) is 0 Å². The topological polar surface area (TPSA) is 45.4 Å². The van der Waals surface area contributed by atoms with Gasteiger partial charge in [0.05, 0.1) is 6.10 Å². The number of rotatable bonds is 1. The molecule has 1 aromatic heterocycles. The van der Waals surface area contributed by atoms with Gasteiger partial charge < -0.3 is 14.8 Å². The highest BCUT2D eigenvalue weighted by Gasteiger charge is 2.18. The fraction of sp³-hybridized carbons (Fsp3) is 0.400. The molecular formula is C10H13NO2. The van der Waals surface area contributed by atoms with Gasteiger partial charge in [0.15, 0.2) is 0 Å². The molecule has 3 heteroatoms. The Morgan fingerprint density at radius 3 is 3.00 bits per heavy atom. The average Bonchev–Trinajstić information content (AvgIpc) is 2.53. The second kappa shape index (κ2) is 3.36. The van der Waals surface area contributed by atoms with Gasteiger partial charge in [-0.3, -0.25) is 0 Å². The van der Waals surface area contributed by atoms with Crippen molar-refractivity contribution in [2.24, 2.45) is 0 Å². The first kappa shape index (κ1) is 8.53. The van der Waals surface area contributed by atoms with E-state index in [9.17, 15) is 5.11 Å². The van der Waals surface area contributed by atoms with Gasteiger partial charge in [-0.05, 0) is 19.1 Å². The first-order valence-corrected chi connectivity index (χ1v) is 4.43. The fourth-order valence-corrected chi connectivity index (χ4v) is 1.50. The molecule has 1 unspecified atom stereocenters. The van der Waals surface area contributed by atoms with Gasteiger partial charge in [0.2, 0.25) is 0 Å². The van der Waals surface area contributed by atoms with Crippen molar-refractivity contribution in [1.29, 1.82) is 0 Å². The second-order valence-electron chi connectivity index (χ2n) is 3.24. The van der Waals surface area contributed by atoms with Crippen LogP contribution in [0.15, 0.2) is 22.6 Å². The average molecular weight is 179 g/mol. The molecule has 0 saturated heterocycles. The van der Waals surface area contributed by atoms with Crippen LogP contribution in [0.4, 0.5) is 0 Å². The third-order valence-electron chi connectivity index (χ3n) is 2.19. The number of aryl methyl sites for hydroxylation is 1. The Labute approximate surface area is 77.1 Å². The van der Waals surface area contributed by atoms with Gasteiger partial charge >= 0.3 is 0 Å². The van der Waals surface area contributed by atoms with E-state index in [4.69, 9.17) is 4.42 Å². The molecule has 1 atom stereocenters. The van der Waals surface area contributed by atoms with Crippen LogP contribution in [-0.2, 0) is 0 Å². The van der Waals surface area contributed by atoms with Gasteiger partial charge in [0.25, 0.3) is 0 Å². The summed E-state index contributed by atoms with van der Waals surface area (Å²) in [7, 11) is 0. The molecule has 1 aliphatic heterocycles. The van der Waals surface area contributed by atoms with E-state index < -0.39 is 6.10 Å². The minimum atomic E-state index is -0.445. The Hall–Kier alpha value is -1.06. The van der Waals surface area contributed by atoms with Crippen LogP contribution in [0.25, 0.3) is 5.57 Å². The van der Waals surface area contributed by atoms with E-state index in [-0.39, 0.29) is 0 Å². The van der Waals surface area contributed by atoms with Gasteiger partial charge in [-0.25, -0.2) is 0 Å². The molecule has 13 heavy (non-hydrogen) atoms. The number of hydrogen-bond acceptors (Lipinski definition) is 3. The maximum atomic E-state index is 9.64. The molecule has 0 fully saturated rings. The van der Waals surface area contributed by atoms with Crippen molar-refractivity contribution < 1.29 is 9.52 Å². The van der Waals surface area contributed by atoms with Crippen LogP contribution >= 0.6 is 0 Å². The molecule has 0 spiro atoms. The van der Waals surface area contributed by atoms with E-state index in [0.29, 0.717) is 6.54 Å². The first-order chi connectivity index (χ1) is 6.27. The molecule has 1 aliphatic rings. The van der Waals surface area contributed by atoms with Crippen molar-refractivity contribution in [1.82, 2.24) is 5.32 Å². The monoisotopic (exact) mass is 179 g/mol. The summed E-state index contributed by atoms with van der Waals surface area (Å²) in [5, 5.41) is 12.7. The van der Waals surface area contributed by atoms with Crippen LogP contribution in [-0.4, -0.2) is 24.3 Å². The largest absolute Gasteiger partial charge is 0.462 e. The minimum Gasteiger partial charge on any atom is -0.462 e. The minimum absolute atomic E-state index is 0.445. The summed E-state index contributed by atoms with van der Waals surface area (Å²) in [4.78, 5) is 0. The number of aliphatic hydroxyl groups excluding tert-OH is 1. The van der Waals surface area contributed by atoms with Crippen LogP contribution in [0.2, 0.25) is 0 Å². The number of hydrogen-bond donors (Lipinski definition) is 2. The SMILES string of the molecule is Cc1ccc(C2=CCNCC2O)o1. The van der Waals surface area contributed by atoms with Crippen molar-refractivity contribution in [2.45, 2.75) is 13.0 Å². The Morgan fingerprint density at radius 2 is 2.38 bits per heavy atom. The number of nitrogens with one attached hydrogen (secondary N) is 1. The smallest absolute Gasteiger partial charge is 0.132 e. The third-order valence-corrected chi connectivity index (χ3v) is 2.19. The highest BCUT2D eigenvalue weighted by molar-refractivity contribution is 5.66. The molecule has 0 radical (unpaired) electrons. The summed E-state index contributed by atoms with van der Waals surface area (Å²) in [6.45, 7) is 3.30. The lowest BCUT2D eigenvalue weighted by atomic mass is 10.0. The van der Waals surface area contributed by atoms with E-state index in [0.717, 1.165) is 23.6 Å². The van der Waals surface area contributed by atoms with Gasteiger partial charge in [0, 0.05) is 18.7 Å². The summed E-state index contributed by atoms with van der Waals surface area (Å²) < 4.78 is 5.44. The quantitative estimate of drug-likeness (QED) is 0.674. The molecule has 0 aliphatic carbocycles. The maximum Gasteiger partial charge on any atom is 0.132 e. The maximum absolute atomic E-state index is 9.64. The van der Waals surface area contributed by atoms with Crippen molar-refractivity contribution >= 4 is 5.57 Å². The molecule has 0 saturated carbocycles. The van der Waals surface area contributed by atoms with E-state index in [1.807, 2.05) is 25.1 Å². The summed E-state index contributed by atoms with van der Waals surface area (Å²) in [6, 6.07) is 3.81. The highest BCUT2D eigenvalue weighted by Crippen LogP contribution is 2.21. The number of aliphatic hydroxyl groups is 1. The summed E-state index contributed by atoms with van der Waals surface area (Å²) in [6.07, 6.45) is 1.52. The van der Waals surface area contributed by atoms with Crippen LogP contribution in [0.1, 0.15) is 11.5 Å². The van der Waals surface area contributed by atoms with E-state index in [2.05, 4.69) is 5.32 Å². The number of furan rings is 1. The molecule has 3 nitrogen and oxygen atoms in total. The van der Waals surface area contributed by atoms with Gasteiger partial charge in [-0.15, -0.1) is 0 Å². The Balaban J connectivity index is 2.29. The van der Waals surface area contributed by atoms with Gasteiger partial charge in [-0.1, -0.05) is 6.08 Å². The molecule has 2 N–H and O–H groups in total. The van der Waals surface area contributed by atoms with E-state index in [1.54, 1.807) is 0 Å². The third kappa shape index (κ3) is 1.66. The van der Waals surface area contributed by atoms with Crippen molar-refractivity contribution in [3.05, 3.63) is 29.7 Å². The van der Waals surface area contributed by atoms with Crippen LogP contribution < -0.4 is 5.32 Å². The molecule has 70 valence electrons. The normalized spacial score (nSPS) is 22.9. The predicted octanol–water partition coefficient (Wildman–Crippen LogP) is 0.936. The Kier molecular flexibility index (Phi) is 2.20. The molecule has 0 bridgehead atoms. The van der Waals surface area contributed by atoms with Crippen LogP contribution in [0, 0.1) is 6.92 Å².